The highest BCUT2D eigenvalue weighted by molar-refractivity contribution is 6.29. The number of nitrogens with zero attached hydrogens (tertiary/aromatic N) is 3. The van der Waals surface area contributed by atoms with Crippen molar-refractivity contribution >= 4 is 23.4 Å². The van der Waals surface area contributed by atoms with Crippen LogP contribution in [0.2, 0.25) is 5.15 Å². The third-order valence-electron chi connectivity index (χ3n) is 2.85. The zero-order chi connectivity index (χ0) is 14.4. The average molecular weight is 299 g/mol. The number of hydrogen-bond acceptors (Lipinski definition) is 5. The average Bonchev–Trinajstić information content (AvgIpc) is 2.48. The molecule has 2 heterocycles. The van der Waals surface area contributed by atoms with Crippen molar-refractivity contribution in [2.75, 3.05) is 32.8 Å². The molecule has 0 saturated carbocycles. The Morgan fingerprint density at radius 3 is 2.70 bits per heavy atom. The van der Waals surface area contributed by atoms with E-state index in [0.29, 0.717) is 26.3 Å². The van der Waals surface area contributed by atoms with Gasteiger partial charge in [-0.05, 0) is 12.1 Å². The topological polar surface area (TPSA) is 84.4 Å². The lowest BCUT2D eigenvalue weighted by molar-refractivity contribution is -0.135. The second kappa shape index (κ2) is 7.16. The summed E-state index contributed by atoms with van der Waals surface area (Å²) in [5.41, 5.74) is 0.174. The zero-order valence-electron chi connectivity index (χ0n) is 10.8. The molecule has 1 saturated heterocycles. The zero-order valence-corrected chi connectivity index (χ0v) is 11.6. The van der Waals surface area contributed by atoms with E-state index in [0.717, 1.165) is 0 Å². The van der Waals surface area contributed by atoms with Gasteiger partial charge in [0, 0.05) is 26.1 Å². The molecule has 108 valence electrons. The summed E-state index contributed by atoms with van der Waals surface area (Å²) in [6.45, 7) is 2.61. The van der Waals surface area contributed by atoms with Gasteiger partial charge in [0.05, 0.1) is 13.2 Å². The Morgan fingerprint density at radius 1 is 1.30 bits per heavy atom. The Labute approximate surface area is 121 Å². The smallest absolute Gasteiger partial charge is 0.271 e. The normalized spacial score (nSPS) is 14.9. The number of morpholine rings is 1. The third-order valence-corrected chi connectivity index (χ3v) is 3.05. The van der Waals surface area contributed by atoms with E-state index in [-0.39, 0.29) is 35.6 Å². The molecule has 0 atom stereocenters. The van der Waals surface area contributed by atoms with E-state index in [1.165, 1.54) is 12.1 Å². The summed E-state index contributed by atoms with van der Waals surface area (Å²) in [7, 11) is 0. The van der Waals surface area contributed by atoms with E-state index < -0.39 is 0 Å². The minimum atomic E-state index is -0.371. The van der Waals surface area contributed by atoms with Crippen LogP contribution < -0.4 is 5.32 Å². The minimum Gasteiger partial charge on any atom is -0.378 e. The van der Waals surface area contributed by atoms with Crippen LogP contribution in [-0.4, -0.2) is 59.8 Å². The molecule has 1 N–H and O–H groups in total. The fourth-order valence-electron chi connectivity index (χ4n) is 1.78. The van der Waals surface area contributed by atoms with Crippen molar-refractivity contribution in [1.82, 2.24) is 20.4 Å². The lowest BCUT2D eigenvalue weighted by Gasteiger charge is -2.26. The fourth-order valence-corrected chi connectivity index (χ4v) is 1.88. The van der Waals surface area contributed by atoms with E-state index in [4.69, 9.17) is 16.3 Å². The van der Waals surface area contributed by atoms with Crippen molar-refractivity contribution in [3.05, 3.63) is 23.0 Å². The van der Waals surface area contributed by atoms with E-state index in [1.54, 1.807) is 4.90 Å². The van der Waals surface area contributed by atoms with E-state index >= 15 is 0 Å². The number of amides is 2. The maximum Gasteiger partial charge on any atom is 0.271 e. The van der Waals surface area contributed by atoms with Crippen LogP contribution >= 0.6 is 11.6 Å². The molecular weight excluding hydrogens is 284 g/mol. The number of hydrogen-bond donors (Lipinski definition) is 1. The summed E-state index contributed by atoms with van der Waals surface area (Å²) in [5, 5.41) is 10.1. The molecule has 0 radical (unpaired) electrons. The number of ether oxygens (including phenoxy) is 1. The maximum atomic E-state index is 11.8. The number of nitrogens with one attached hydrogen (secondary N) is 1. The first-order valence-corrected chi connectivity index (χ1v) is 6.67. The number of halogens is 1. The summed E-state index contributed by atoms with van der Waals surface area (Å²) in [6, 6.07) is 2.97. The Morgan fingerprint density at radius 2 is 2.05 bits per heavy atom. The Bertz CT molecular complexity index is 474. The van der Waals surface area contributed by atoms with Crippen LogP contribution in [-0.2, 0) is 9.53 Å². The molecule has 0 unspecified atom stereocenters. The van der Waals surface area contributed by atoms with Crippen molar-refractivity contribution in [1.29, 1.82) is 0 Å². The summed E-state index contributed by atoms with van der Waals surface area (Å²) >= 11 is 5.58. The summed E-state index contributed by atoms with van der Waals surface area (Å²) < 4.78 is 5.17. The van der Waals surface area contributed by atoms with Gasteiger partial charge in [0.1, 0.15) is 0 Å². The molecule has 1 fully saturated rings. The Kier molecular flexibility index (Phi) is 5.25. The molecule has 2 amide bonds. The monoisotopic (exact) mass is 298 g/mol. The van der Waals surface area contributed by atoms with Crippen molar-refractivity contribution in [2.24, 2.45) is 0 Å². The quantitative estimate of drug-likeness (QED) is 0.853. The predicted octanol–water partition coefficient (Wildman–Crippen LogP) is 0.109. The van der Waals surface area contributed by atoms with Crippen LogP contribution in [0, 0.1) is 0 Å². The van der Waals surface area contributed by atoms with Gasteiger partial charge in [-0.1, -0.05) is 11.6 Å². The molecule has 7 nitrogen and oxygen atoms in total. The second-order valence-electron chi connectivity index (χ2n) is 4.24. The largest absolute Gasteiger partial charge is 0.378 e. The van der Waals surface area contributed by atoms with Crippen molar-refractivity contribution in [3.8, 4) is 0 Å². The number of aromatic nitrogens is 2. The van der Waals surface area contributed by atoms with Gasteiger partial charge < -0.3 is 15.0 Å². The van der Waals surface area contributed by atoms with Gasteiger partial charge in [0.2, 0.25) is 5.91 Å². The first-order valence-electron chi connectivity index (χ1n) is 6.30. The summed E-state index contributed by atoms with van der Waals surface area (Å²) in [6.07, 6.45) is 0.257. The molecule has 20 heavy (non-hydrogen) atoms. The second-order valence-corrected chi connectivity index (χ2v) is 4.63. The number of rotatable bonds is 4. The van der Waals surface area contributed by atoms with Crippen LogP contribution in [0.25, 0.3) is 0 Å². The highest BCUT2D eigenvalue weighted by Crippen LogP contribution is 2.02. The fraction of sp³-hybridized carbons (Fsp3) is 0.500. The molecule has 2 rings (SSSR count). The molecule has 0 aliphatic carbocycles. The van der Waals surface area contributed by atoms with E-state index in [9.17, 15) is 9.59 Å². The highest BCUT2D eigenvalue weighted by atomic mass is 35.5. The summed E-state index contributed by atoms with van der Waals surface area (Å²) in [4.78, 5) is 25.3. The van der Waals surface area contributed by atoms with Crippen molar-refractivity contribution < 1.29 is 14.3 Å². The van der Waals surface area contributed by atoms with Gasteiger partial charge in [-0.3, -0.25) is 9.59 Å². The molecular formula is C12H15ClN4O3. The van der Waals surface area contributed by atoms with Crippen LogP contribution in [0.1, 0.15) is 16.9 Å². The first-order chi connectivity index (χ1) is 9.66. The molecule has 0 aromatic carbocycles. The molecule has 8 heteroatoms. The maximum absolute atomic E-state index is 11.8. The molecule has 1 aliphatic rings. The minimum absolute atomic E-state index is 0.00999. The van der Waals surface area contributed by atoms with Crippen LogP contribution in [0.5, 0.6) is 0 Å². The van der Waals surface area contributed by atoms with Gasteiger partial charge in [-0.2, -0.15) is 0 Å². The molecule has 1 aromatic heterocycles. The Balaban J connectivity index is 1.73. The van der Waals surface area contributed by atoms with Gasteiger partial charge in [-0.25, -0.2) is 0 Å². The number of carbonyl (C=O) groups excluding carboxylic acids is 2. The van der Waals surface area contributed by atoms with Crippen LogP contribution in [0.15, 0.2) is 12.1 Å². The van der Waals surface area contributed by atoms with Crippen molar-refractivity contribution in [2.45, 2.75) is 6.42 Å². The van der Waals surface area contributed by atoms with Gasteiger partial charge >= 0.3 is 0 Å². The number of carbonyl (C=O) groups is 2. The van der Waals surface area contributed by atoms with E-state index in [2.05, 4.69) is 15.5 Å². The van der Waals surface area contributed by atoms with Crippen LogP contribution in [0.3, 0.4) is 0 Å². The van der Waals surface area contributed by atoms with Gasteiger partial charge in [-0.15, -0.1) is 10.2 Å². The summed E-state index contributed by atoms with van der Waals surface area (Å²) in [5.74, 6) is -0.361. The predicted molar refractivity (Wildman–Crippen MR) is 71.4 cm³/mol. The molecule has 0 bridgehead atoms. The third kappa shape index (κ3) is 4.14. The molecule has 0 spiro atoms. The van der Waals surface area contributed by atoms with Crippen molar-refractivity contribution in [3.63, 3.8) is 0 Å². The van der Waals surface area contributed by atoms with Gasteiger partial charge in [0.25, 0.3) is 5.91 Å². The molecule has 1 aromatic rings. The van der Waals surface area contributed by atoms with E-state index in [1.807, 2.05) is 0 Å². The standard InChI is InChI=1S/C12H15ClN4O3/c13-10-2-1-9(15-16-10)12(19)14-4-3-11(18)17-5-7-20-8-6-17/h1-2H,3-8H2,(H,14,19). The first kappa shape index (κ1) is 14.7. The SMILES string of the molecule is O=C(NCCC(=O)N1CCOCC1)c1ccc(Cl)nn1. The van der Waals surface area contributed by atoms with Gasteiger partial charge in [0.15, 0.2) is 10.8 Å². The van der Waals surface area contributed by atoms with Crippen LogP contribution in [0.4, 0.5) is 0 Å². The Hall–Kier alpha value is -1.73. The lowest BCUT2D eigenvalue weighted by Crippen LogP contribution is -2.42. The highest BCUT2D eigenvalue weighted by Gasteiger charge is 2.16. The molecule has 1 aliphatic heterocycles. The lowest BCUT2D eigenvalue weighted by atomic mass is 10.3.